The van der Waals surface area contributed by atoms with E-state index in [1.807, 2.05) is 25.1 Å². The van der Waals surface area contributed by atoms with Crippen molar-refractivity contribution < 1.29 is 9.21 Å². The minimum atomic E-state index is -0.410. The average molecular weight is 361 g/mol. The highest BCUT2D eigenvalue weighted by Crippen LogP contribution is 2.38. The third kappa shape index (κ3) is 2.67. The largest absolute Gasteiger partial charge is 0.450 e. The Kier molecular flexibility index (Phi) is 3.95. The summed E-state index contributed by atoms with van der Waals surface area (Å²) in [4.78, 5) is 27.8. The molecule has 1 aromatic heterocycles. The summed E-state index contributed by atoms with van der Waals surface area (Å²) in [6.07, 6.45) is 0. The molecule has 138 valence electrons. The van der Waals surface area contributed by atoms with E-state index in [1.165, 1.54) is 5.56 Å². The summed E-state index contributed by atoms with van der Waals surface area (Å²) in [6, 6.07) is 14.9. The van der Waals surface area contributed by atoms with Crippen LogP contribution in [0.15, 0.2) is 57.7 Å². The lowest BCUT2D eigenvalue weighted by Gasteiger charge is -2.25. The Balaban J connectivity index is 1.93. The van der Waals surface area contributed by atoms with E-state index in [1.54, 1.807) is 23.1 Å². The quantitative estimate of drug-likeness (QED) is 0.667. The van der Waals surface area contributed by atoms with Gasteiger partial charge in [-0.25, -0.2) is 0 Å². The van der Waals surface area contributed by atoms with E-state index >= 15 is 0 Å². The second-order valence-corrected chi connectivity index (χ2v) is 8.04. The van der Waals surface area contributed by atoms with E-state index < -0.39 is 6.04 Å². The van der Waals surface area contributed by atoms with Gasteiger partial charge in [-0.1, -0.05) is 57.2 Å². The molecular formula is C23H23NO3. The number of carbonyl (C=O) groups excluding carboxylic acids is 1. The number of nitrogens with zero attached hydrogens (tertiary/aromatic N) is 1. The molecule has 1 amide bonds. The van der Waals surface area contributed by atoms with E-state index in [0.717, 1.165) is 5.56 Å². The van der Waals surface area contributed by atoms with Crippen molar-refractivity contribution >= 4 is 16.9 Å². The van der Waals surface area contributed by atoms with Crippen molar-refractivity contribution in [2.75, 3.05) is 6.54 Å². The molecule has 0 unspecified atom stereocenters. The first-order chi connectivity index (χ1) is 12.8. The number of fused-ring (bicyclic) bond motifs is 2. The highest BCUT2D eigenvalue weighted by molar-refractivity contribution is 5.99. The number of benzene rings is 2. The average Bonchev–Trinajstić information content (AvgIpc) is 2.93. The first-order valence-electron chi connectivity index (χ1n) is 9.30. The summed E-state index contributed by atoms with van der Waals surface area (Å²) in [5, 5.41) is 0.512. The molecule has 0 N–H and O–H groups in total. The maximum absolute atomic E-state index is 13.2. The predicted molar refractivity (Wildman–Crippen MR) is 106 cm³/mol. The molecule has 0 aliphatic carbocycles. The molecule has 0 radical (unpaired) electrons. The second kappa shape index (κ2) is 6.08. The third-order valence-electron chi connectivity index (χ3n) is 5.31. The lowest BCUT2D eigenvalue weighted by atomic mass is 9.86. The molecule has 2 aromatic carbocycles. The van der Waals surface area contributed by atoms with Gasteiger partial charge >= 0.3 is 0 Å². The van der Waals surface area contributed by atoms with Gasteiger partial charge in [0, 0.05) is 6.54 Å². The normalized spacial score (nSPS) is 16.8. The molecule has 3 aromatic rings. The van der Waals surface area contributed by atoms with Crippen LogP contribution >= 0.6 is 0 Å². The Morgan fingerprint density at radius 2 is 1.67 bits per heavy atom. The van der Waals surface area contributed by atoms with Crippen LogP contribution in [0.5, 0.6) is 0 Å². The fourth-order valence-electron chi connectivity index (χ4n) is 3.81. The Bertz CT molecular complexity index is 1090. The summed E-state index contributed by atoms with van der Waals surface area (Å²) >= 11 is 0. The molecule has 1 aliphatic heterocycles. The zero-order valence-corrected chi connectivity index (χ0v) is 16.1. The predicted octanol–water partition coefficient (Wildman–Crippen LogP) is 4.66. The van der Waals surface area contributed by atoms with E-state index in [-0.39, 0.29) is 22.5 Å². The van der Waals surface area contributed by atoms with Crippen molar-refractivity contribution in [1.82, 2.24) is 4.90 Å². The van der Waals surface area contributed by atoms with Gasteiger partial charge in [-0.05, 0) is 35.6 Å². The number of para-hydroxylation sites is 1. The minimum absolute atomic E-state index is 0.0433. The van der Waals surface area contributed by atoms with Crippen LogP contribution in [-0.2, 0) is 5.41 Å². The molecule has 4 rings (SSSR count). The molecule has 1 atom stereocenters. The van der Waals surface area contributed by atoms with Gasteiger partial charge < -0.3 is 9.32 Å². The van der Waals surface area contributed by atoms with Gasteiger partial charge in [-0.15, -0.1) is 0 Å². The third-order valence-corrected chi connectivity index (χ3v) is 5.31. The first kappa shape index (κ1) is 17.5. The zero-order chi connectivity index (χ0) is 19.3. The number of hydrogen-bond acceptors (Lipinski definition) is 3. The summed E-state index contributed by atoms with van der Waals surface area (Å²) in [5.41, 5.74) is 2.96. The summed E-state index contributed by atoms with van der Waals surface area (Å²) in [7, 11) is 0. The second-order valence-electron chi connectivity index (χ2n) is 8.04. The van der Waals surface area contributed by atoms with Gasteiger partial charge in [0.15, 0.2) is 5.43 Å². The lowest BCUT2D eigenvalue weighted by molar-refractivity contribution is 0.0738. The SMILES string of the molecule is CCN1C(=O)c2oc3ccccc3c(=O)c2[C@H]1c1ccc(C(C)(C)C)cc1. The van der Waals surface area contributed by atoms with E-state index in [2.05, 4.69) is 32.9 Å². The smallest absolute Gasteiger partial charge is 0.290 e. The van der Waals surface area contributed by atoms with E-state index in [9.17, 15) is 9.59 Å². The van der Waals surface area contributed by atoms with Gasteiger partial charge in [0.25, 0.3) is 5.91 Å². The van der Waals surface area contributed by atoms with Crippen LogP contribution in [0, 0.1) is 0 Å². The molecule has 0 spiro atoms. The van der Waals surface area contributed by atoms with Gasteiger partial charge in [-0.3, -0.25) is 9.59 Å². The van der Waals surface area contributed by atoms with E-state index in [4.69, 9.17) is 4.42 Å². The number of hydrogen-bond donors (Lipinski definition) is 0. The van der Waals surface area contributed by atoms with Crippen molar-refractivity contribution in [2.24, 2.45) is 0 Å². The van der Waals surface area contributed by atoms with Crippen LogP contribution in [0.1, 0.15) is 61.0 Å². The molecule has 2 heterocycles. The van der Waals surface area contributed by atoms with Crippen LogP contribution in [0.3, 0.4) is 0 Å². The molecule has 0 bridgehead atoms. The lowest BCUT2D eigenvalue weighted by Crippen LogP contribution is -2.29. The molecule has 27 heavy (non-hydrogen) atoms. The van der Waals surface area contributed by atoms with Crippen molar-refractivity contribution in [3.05, 3.63) is 81.2 Å². The van der Waals surface area contributed by atoms with E-state index in [0.29, 0.717) is 23.1 Å². The highest BCUT2D eigenvalue weighted by atomic mass is 16.3. The number of amides is 1. The maximum atomic E-state index is 13.2. The van der Waals surface area contributed by atoms with Gasteiger partial charge in [0.05, 0.1) is 17.0 Å². The molecule has 0 saturated carbocycles. The molecular weight excluding hydrogens is 338 g/mol. The summed E-state index contributed by atoms with van der Waals surface area (Å²) < 4.78 is 5.87. The van der Waals surface area contributed by atoms with Crippen molar-refractivity contribution in [2.45, 2.75) is 39.2 Å². The topological polar surface area (TPSA) is 50.5 Å². The van der Waals surface area contributed by atoms with Gasteiger partial charge in [0.2, 0.25) is 5.76 Å². The molecule has 1 aliphatic rings. The Morgan fingerprint density at radius 3 is 2.30 bits per heavy atom. The molecule has 4 heteroatoms. The van der Waals surface area contributed by atoms with Gasteiger partial charge in [0.1, 0.15) is 5.58 Å². The van der Waals surface area contributed by atoms with Crippen LogP contribution in [-0.4, -0.2) is 17.4 Å². The molecule has 0 fully saturated rings. The van der Waals surface area contributed by atoms with Crippen molar-refractivity contribution in [1.29, 1.82) is 0 Å². The van der Waals surface area contributed by atoms with Crippen LogP contribution in [0.2, 0.25) is 0 Å². The fourth-order valence-corrected chi connectivity index (χ4v) is 3.81. The number of carbonyl (C=O) groups is 1. The Morgan fingerprint density at radius 1 is 1.00 bits per heavy atom. The molecule has 4 nitrogen and oxygen atoms in total. The maximum Gasteiger partial charge on any atom is 0.290 e. The van der Waals surface area contributed by atoms with Crippen LogP contribution in [0.4, 0.5) is 0 Å². The first-order valence-corrected chi connectivity index (χ1v) is 9.30. The monoisotopic (exact) mass is 361 g/mol. The highest BCUT2D eigenvalue weighted by Gasteiger charge is 2.41. The van der Waals surface area contributed by atoms with Crippen molar-refractivity contribution in [3.63, 3.8) is 0 Å². The molecule has 0 saturated heterocycles. The standard InChI is InChI=1S/C23H23NO3/c1-5-24-19(14-10-12-15(13-11-14)23(2,3)4)18-20(25)16-8-6-7-9-17(16)27-21(18)22(24)26/h6-13,19H,5H2,1-4H3/t19-/m1/s1. The summed E-state index contributed by atoms with van der Waals surface area (Å²) in [6.45, 7) is 8.91. The van der Waals surface area contributed by atoms with Crippen LogP contribution < -0.4 is 5.43 Å². The Hall–Kier alpha value is -2.88. The van der Waals surface area contributed by atoms with Gasteiger partial charge in [-0.2, -0.15) is 0 Å². The minimum Gasteiger partial charge on any atom is -0.450 e. The van der Waals surface area contributed by atoms with Crippen LogP contribution in [0.25, 0.3) is 11.0 Å². The zero-order valence-electron chi connectivity index (χ0n) is 16.1. The van der Waals surface area contributed by atoms with Crippen molar-refractivity contribution in [3.8, 4) is 0 Å². The Labute approximate surface area is 158 Å². The fraction of sp³-hybridized carbons (Fsp3) is 0.304. The number of rotatable bonds is 2. The summed E-state index contributed by atoms with van der Waals surface area (Å²) in [5.74, 6) is -0.0503.